The summed E-state index contributed by atoms with van der Waals surface area (Å²) in [5.41, 5.74) is 1.06. The van der Waals surface area contributed by atoms with E-state index in [0.29, 0.717) is 22.9 Å². The van der Waals surface area contributed by atoms with E-state index in [1.165, 1.54) is 17.1 Å². The Bertz CT molecular complexity index is 942. The highest BCUT2D eigenvalue weighted by molar-refractivity contribution is 6.06. The number of nitrogens with one attached hydrogen (secondary N) is 2. The number of carbonyl (C=O) groups is 1. The lowest BCUT2D eigenvalue weighted by Gasteiger charge is -2.06. The topological polar surface area (TPSA) is 125 Å². The third kappa shape index (κ3) is 6.13. The van der Waals surface area contributed by atoms with Crippen molar-refractivity contribution in [2.75, 3.05) is 21.2 Å². The van der Waals surface area contributed by atoms with E-state index in [1.807, 2.05) is 0 Å². The second-order valence-electron chi connectivity index (χ2n) is 6.11. The Hall–Kier alpha value is -3.75. The van der Waals surface area contributed by atoms with E-state index in [4.69, 9.17) is 24.7 Å². The van der Waals surface area contributed by atoms with Crippen LogP contribution in [0.15, 0.2) is 40.7 Å². The minimum absolute atomic E-state index is 0.0392. The Kier molecular flexibility index (Phi) is 7.41. The minimum atomic E-state index is -0.246. The number of pyridine rings is 1. The van der Waals surface area contributed by atoms with Gasteiger partial charge in [0.15, 0.2) is 0 Å². The van der Waals surface area contributed by atoms with Crippen molar-refractivity contribution in [3.05, 3.63) is 59.3 Å². The summed E-state index contributed by atoms with van der Waals surface area (Å²) in [4.78, 5) is 21.4. The molecule has 2 aromatic heterocycles. The molecule has 0 aliphatic carbocycles. The predicted molar refractivity (Wildman–Crippen MR) is 108 cm³/mol. The first-order chi connectivity index (χ1) is 13.8. The summed E-state index contributed by atoms with van der Waals surface area (Å²) >= 11 is 0. The first-order valence-electron chi connectivity index (χ1n) is 8.63. The van der Waals surface area contributed by atoms with Crippen molar-refractivity contribution in [2.45, 2.75) is 13.5 Å². The van der Waals surface area contributed by atoms with Crippen LogP contribution in [0.5, 0.6) is 5.75 Å². The second kappa shape index (κ2) is 9.98. The number of hydrogen-bond acceptors (Lipinski definition) is 8. The van der Waals surface area contributed by atoms with Gasteiger partial charge < -0.3 is 24.2 Å². The highest BCUT2D eigenvalue weighted by Crippen LogP contribution is 2.16. The third-order valence-corrected chi connectivity index (χ3v) is 3.74. The van der Waals surface area contributed by atoms with Gasteiger partial charge in [-0.15, -0.1) is 0 Å². The monoisotopic (exact) mass is 397 g/mol. The lowest BCUT2D eigenvalue weighted by molar-refractivity contribution is -0.123. The Morgan fingerprint density at radius 1 is 1.31 bits per heavy atom. The third-order valence-electron chi connectivity index (χ3n) is 3.74. The fourth-order valence-electron chi connectivity index (χ4n) is 2.07. The number of carbonyl (C=O) groups excluding carboxylic acids is 1. The van der Waals surface area contributed by atoms with E-state index in [-0.39, 0.29) is 29.9 Å². The number of ether oxygens (including phenoxy) is 2. The number of amides is 1. The van der Waals surface area contributed by atoms with Crippen LogP contribution in [0.4, 0.5) is 0 Å². The number of aryl methyl sites for hydroxylation is 1. The van der Waals surface area contributed by atoms with Crippen molar-refractivity contribution < 1.29 is 18.7 Å². The number of allylic oxidation sites excluding steroid dienone is 2. The molecule has 0 radical (unpaired) electrons. The van der Waals surface area contributed by atoms with Crippen LogP contribution < -0.4 is 4.74 Å². The van der Waals surface area contributed by atoms with E-state index in [2.05, 4.69) is 9.97 Å². The van der Waals surface area contributed by atoms with Crippen LogP contribution in [0.25, 0.3) is 6.08 Å². The van der Waals surface area contributed by atoms with Gasteiger partial charge in [-0.25, -0.2) is 4.98 Å². The second-order valence-corrected chi connectivity index (χ2v) is 6.11. The maximum Gasteiger partial charge on any atom is 0.246 e. The predicted octanol–water partition coefficient (Wildman–Crippen LogP) is 2.61. The van der Waals surface area contributed by atoms with E-state index in [1.54, 1.807) is 52.5 Å². The van der Waals surface area contributed by atoms with Crippen LogP contribution in [0.2, 0.25) is 0 Å². The van der Waals surface area contributed by atoms with Crippen LogP contribution in [0, 0.1) is 17.7 Å². The smallest absolute Gasteiger partial charge is 0.246 e. The van der Waals surface area contributed by atoms with Crippen molar-refractivity contribution in [1.29, 1.82) is 10.8 Å². The van der Waals surface area contributed by atoms with Gasteiger partial charge in [0, 0.05) is 26.2 Å². The number of hydrogen-bond donors (Lipinski definition) is 2. The molecular weight excluding hydrogens is 374 g/mol. The summed E-state index contributed by atoms with van der Waals surface area (Å²) < 4.78 is 16.1. The molecule has 0 saturated heterocycles. The summed E-state index contributed by atoms with van der Waals surface area (Å²) in [6.07, 6.45) is 6.77. The molecule has 0 unspecified atom stereocenters. The molecule has 9 nitrogen and oxygen atoms in total. The standard InChI is InChI=1S/C20H23N5O4/c1-13-18(24-20(29-13)17(22)7-8-19(26)25(2)3)9-16(10-21)28-12-14-5-6-15(27-4)11-23-14/h5-11,21-22H,12H2,1-4H3/b8-7-,16-9+,21-10?,22-17?. The number of rotatable bonds is 9. The molecule has 1 amide bonds. The number of methoxy groups -OCH3 is 1. The SMILES string of the molecule is COc1ccc(CO/C(C=N)=C/c2nc(C(=N)/C=C\C(=O)N(C)C)oc2C)nc1. The zero-order valence-corrected chi connectivity index (χ0v) is 16.7. The van der Waals surface area contributed by atoms with Crippen molar-refractivity contribution in [2.24, 2.45) is 0 Å². The average molecular weight is 397 g/mol. The summed E-state index contributed by atoms with van der Waals surface area (Å²) in [5, 5.41) is 15.5. The zero-order chi connectivity index (χ0) is 21.4. The lowest BCUT2D eigenvalue weighted by atomic mass is 10.3. The van der Waals surface area contributed by atoms with Crippen LogP contribution in [0.3, 0.4) is 0 Å². The molecule has 2 heterocycles. The first-order valence-corrected chi connectivity index (χ1v) is 8.63. The van der Waals surface area contributed by atoms with Crippen molar-refractivity contribution in [3.8, 4) is 5.75 Å². The van der Waals surface area contributed by atoms with Gasteiger partial charge in [0.05, 0.1) is 25.2 Å². The van der Waals surface area contributed by atoms with Gasteiger partial charge in [-0.1, -0.05) is 0 Å². The van der Waals surface area contributed by atoms with Crippen LogP contribution >= 0.6 is 0 Å². The number of oxazole rings is 1. The minimum Gasteiger partial charge on any atom is -0.495 e. The van der Waals surface area contributed by atoms with Gasteiger partial charge in [-0.2, -0.15) is 0 Å². The first kappa shape index (κ1) is 21.5. The Balaban J connectivity index is 2.09. The highest BCUT2D eigenvalue weighted by atomic mass is 16.5. The molecule has 9 heteroatoms. The van der Waals surface area contributed by atoms with E-state index < -0.39 is 0 Å². The number of nitrogens with zero attached hydrogens (tertiary/aromatic N) is 3. The van der Waals surface area contributed by atoms with E-state index in [0.717, 1.165) is 6.21 Å². The fraction of sp³-hybridized carbons (Fsp3) is 0.250. The van der Waals surface area contributed by atoms with Crippen molar-refractivity contribution in [3.63, 3.8) is 0 Å². The zero-order valence-electron chi connectivity index (χ0n) is 16.7. The maximum atomic E-state index is 11.6. The van der Waals surface area contributed by atoms with Crippen LogP contribution in [-0.4, -0.2) is 53.9 Å². The van der Waals surface area contributed by atoms with Gasteiger partial charge in [-0.05, 0) is 25.1 Å². The molecule has 0 saturated carbocycles. The fourth-order valence-corrected chi connectivity index (χ4v) is 2.07. The Morgan fingerprint density at radius 2 is 2.07 bits per heavy atom. The molecule has 0 spiro atoms. The lowest BCUT2D eigenvalue weighted by Crippen LogP contribution is -2.19. The van der Waals surface area contributed by atoms with Gasteiger partial charge in [0.25, 0.3) is 0 Å². The van der Waals surface area contributed by atoms with Crippen LogP contribution in [0.1, 0.15) is 23.0 Å². The molecular formula is C20H23N5O4. The van der Waals surface area contributed by atoms with Gasteiger partial charge >= 0.3 is 0 Å². The quantitative estimate of drug-likeness (QED) is 0.381. The summed E-state index contributed by atoms with van der Waals surface area (Å²) in [6, 6.07) is 3.54. The Morgan fingerprint density at radius 3 is 2.66 bits per heavy atom. The highest BCUT2D eigenvalue weighted by Gasteiger charge is 2.12. The molecule has 0 bridgehead atoms. The molecule has 2 N–H and O–H groups in total. The molecule has 2 rings (SSSR count). The molecule has 0 aliphatic rings. The average Bonchev–Trinajstić information content (AvgIpc) is 3.09. The number of aromatic nitrogens is 2. The molecule has 152 valence electrons. The maximum absolute atomic E-state index is 11.6. The van der Waals surface area contributed by atoms with Gasteiger partial charge in [0.2, 0.25) is 11.8 Å². The Labute approximate surface area is 168 Å². The van der Waals surface area contributed by atoms with E-state index >= 15 is 0 Å². The van der Waals surface area contributed by atoms with Gasteiger partial charge in [0.1, 0.15) is 35.3 Å². The van der Waals surface area contributed by atoms with E-state index in [9.17, 15) is 4.79 Å². The normalized spacial score (nSPS) is 11.4. The number of likely N-dealkylation sites (N-methyl/N-ethyl adjacent to an activating group) is 1. The molecule has 0 aliphatic heterocycles. The molecule has 0 fully saturated rings. The summed E-state index contributed by atoms with van der Waals surface area (Å²) in [7, 11) is 4.80. The van der Waals surface area contributed by atoms with Crippen molar-refractivity contribution in [1.82, 2.24) is 14.9 Å². The van der Waals surface area contributed by atoms with Gasteiger partial charge in [-0.3, -0.25) is 15.2 Å². The summed E-state index contributed by atoms with van der Waals surface area (Å²) in [5.74, 6) is 1.19. The molecule has 0 aromatic carbocycles. The molecule has 29 heavy (non-hydrogen) atoms. The van der Waals surface area contributed by atoms with Crippen molar-refractivity contribution >= 4 is 23.9 Å². The summed E-state index contributed by atoms with van der Waals surface area (Å²) in [6.45, 7) is 1.86. The van der Waals surface area contributed by atoms with Crippen LogP contribution in [-0.2, 0) is 16.1 Å². The molecule has 2 aromatic rings. The largest absolute Gasteiger partial charge is 0.495 e. The molecule has 0 atom stereocenters.